The number of nitrogens with zero attached hydrogens (tertiary/aromatic N) is 1. The highest BCUT2D eigenvalue weighted by Crippen LogP contribution is 2.31. The zero-order chi connectivity index (χ0) is 19.1. The number of halogens is 1. The van der Waals surface area contributed by atoms with Crippen LogP contribution < -0.4 is 0 Å². The third kappa shape index (κ3) is 4.61. The lowest BCUT2D eigenvalue weighted by molar-refractivity contribution is -0.191. The number of rotatable bonds is 3. The summed E-state index contributed by atoms with van der Waals surface area (Å²) in [7, 11) is 0. The zero-order valence-electron chi connectivity index (χ0n) is 14.1. The average Bonchev–Trinajstić information content (AvgIpc) is 3.20. The highest BCUT2D eigenvalue weighted by atomic mass is 32.1. The minimum absolute atomic E-state index is 0.224. The van der Waals surface area contributed by atoms with E-state index in [4.69, 9.17) is 14.6 Å². The quantitative estimate of drug-likeness (QED) is 0.461. The van der Waals surface area contributed by atoms with E-state index in [1.165, 1.54) is 6.07 Å². The highest BCUT2D eigenvalue weighted by Gasteiger charge is 2.08. The molecule has 0 aliphatic rings. The van der Waals surface area contributed by atoms with Gasteiger partial charge in [-0.2, -0.15) is 9.59 Å². The van der Waals surface area contributed by atoms with Crippen molar-refractivity contribution in [2.45, 2.75) is 0 Å². The van der Waals surface area contributed by atoms with E-state index in [0.29, 0.717) is 0 Å². The first-order valence-electron chi connectivity index (χ1n) is 8.08. The van der Waals surface area contributed by atoms with Gasteiger partial charge in [0.1, 0.15) is 10.8 Å². The summed E-state index contributed by atoms with van der Waals surface area (Å²) in [6.07, 6.45) is 0.250. The molecular formula is C22H14FNO2S. The number of aromatic nitrogens is 1. The Morgan fingerprint density at radius 2 is 1.33 bits per heavy atom. The van der Waals surface area contributed by atoms with E-state index in [-0.39, 0.29) is 12.0 Å². The summed E-state index contributed by atoms with van der Waals surface area (Å²) in [6.45, 7) is 0. The van der Waals surface area contributed by atoms with Crippen molar-refractivity contribution < 1.29 is 14.0 Å². The van der Waals surface area contributed by atoms with Crippen LogP contribution in [0, 0.1) is 5.82 Å². The first-order chi connectivity index (χ1) is 13.2. The lowest BCUT2D eigenvalue weighted by Gasteiger charge is -2.04. The number of carbonyl (C=O) groups excluding carboxylic acids is 2. The molecule has 0 radical (unpaired) electrons. The molecule has 0 saturated carbocycles. The minimum Gasteiger partial charge on any atom is -0.236 e. The standard InChI is InChI=1S/C21H14FNS.CO2/c22-19-11-5-9-17(13-19)16-8-4-10-18(12-16)20-14-24-21(23-20)15-6-2-1-3-7-15;2-1-3/h1-14H;. The molecule has 0 N–H and O–H groups in total. The van der Waals surface area contributed by atoms with Crippen molar-refractivity contribution >= 4 is 17.5 Å². The maximum Gasteiger partial charge on any atom is 0.373 e. The average molecular weight is 375 g/mol. The molecular weight excluding hydrogens is 361 g/mol. The van der Waals surface area contributed by atoms with Gasteiger partial charge in [-0.15, -0.1) is 11.3 Å². The lowest BCUT2D eigenvalue weighted by Crippen LogP contribution is -1.83. The van der Waals surface area contributed by atoms with Gasteiger partial charge in [0.25, 0.3) is 0 Å². The smallest absolute Gasteiger partial charge is 0.236 e. The largest absolute Gasteiger partial charge is 0.373 e. The number of benzene rings is 3. The van der Waals surface area contributed by atoms with Crippen molar-refractivity contribution in [2.24, 2.45) is 0 Å². The van der Waals surface area contributed by atoms with E-state index in [1.807, 2.05) is 42.5 Å². The van der Waals surface area contributed by atoms with Crippen molar-refractivity contribution in [1.29, 1.82) is 0 Å². The van der Waals surface area contributed by atoms with Crippen LogP contribution in [-0.4, -0.2) is 11.1 Å². The summed E-state index contributed by atoms with van der Waals surface area (Å²) >= 11 is 1.63. The maximum absolute atomic E-state index is 13.5. The molecule has 0 aliphatic carbocycles. The fourth-order valence-electron chi connectivity index (χ4n) is 2.65. The van der Waals surface area contributed by atoms with E-state index in [2.05, 4.69) is 23.6 Å². The molecule has 0 amide bonds. The van der Waals surface area contributed by atoms with Gasteiger partial charge in [-0.05, 0) is 29.3 Å². The first kappa shape index (κ1) is 18.4. The molecule has 3 aromatic carbocycles. The Balaban J connectivity index is 0.000000659. The van der Waals surface area contributed by atoms with Gasteiger partial charge in [-0.3, -0.25) is 0 Å². The predicted octanol–water partition coefficient (Wildman–Crippen LogP) is 5.70. The SMILES string of the molecule is Fc1cccc(-c2cccc(-c3csc(-c4ccccc4)n3)c2)c1.O=C=O. The minimum atomic E-state index is -0.224. The molecule has 27 heavy (non-hydrogen) atoms. The number of hydrogen-bond acceptors (Lipinski definition) is 4. The topological polar surface area (TPSA) is 47.0 Å². The molecule has 0 unspecified atom stereocenters. The fraction of sp³-hybridized carbons (Fsp3) is 0. The third-order valence-electron chi connectivity index (χ3n) is 3.84. The Labute approximate surface area is 159 Å². The lowest BCUT2D eigenvalue weighted by atomic mass is 10.0. The van der Waals surface area contributed by atoms with Crippen LogP contribution in [0.15, 0.2) is 84.2 Å². The summed E-state index contributed by atoms with van der Waals surface area (Å²) in [5.41, 5.74) is 4.96. The Bertz CT molecular complexity index is 1070. The van der Waals surface area contributed by atoms with Crippen LogP contribution in [0.1, 0.15) is 0 Å². The second kappa shape index (κ2) is 8.81. The molecule has 132 valence electrons. The van der Waals surface area contributed by atoms with E-state index in [9.17, 15) is 4.39 Å². The van der Waals surface area contributed by atoms with Crippen LogP contribution in [-0.2, 0) is 9.59 Å². The van der Waals surface area contributed by atoms with Gasteiger partial charge in [0, 0.05) is 16.5 Å². The summed E-state index contributed by atoms with van der Waals surface area (Å²) < 4.78 is 13.5. The summed E-state index contributed by atoms with van der Waals surface area (Å²) in [4.78, 5) is 21.0. The van der Waals surface area contributed by atoms with Crippen molar-refractivity contribution in [3.8, 4) is 33.0 Å². The van der Waals surface area contributed by atoms with Gasteiger partial charge in [0.05, 0.1) is 5.69 Å². The molecule has 0 atom stereocenters. The molecule has 4 aromatic rings. The Kier molecular flexibility index (Phi) is 6.00. The van der Waals surface area contributed by atoms with E-state index >= 15 is 0 Å². The van der Waals surface area contributed by atoms with Crippen molar-refractivity contribution in [2.75, 3.05) is 0 Å². The van der Waals surface area contributed by atoms with E-state index < -0.39 is 0 Å². The predicted molar refractivity (Wildman–Crippen MR) is 103 cm³/mol. The third-order valence-corrected chi connectivity index (χ3v) is 4.73. The molecule has 0 spiro atoms. The van der Waals surface area contributed by atoms with Crippen LogP contribution in [0.4, 0.5) is 4.39 Å². The van der Waals surface area contributed by atoms with Gasteiger partial charge >= 0.3 is 6.15 Å². The molecule has 0 bridgehead atoms. The van der Waals surface area contributed by atoms with Gasteiger partial charge in [0.15, 0.2) is 0 Å². The fourth-order valence-corrected chi connectivity index (χ4v) is 3.48. The Morgan fingerprint density at radius 1 is 0.741 bits per heavy atom. The van der Waals surface area contributed by atoms with Crippen molar-refractivity contribution in [3.63, 3.8) is 0 Å². The monoisotopic (exact) mass is 375 g/mol. The first-order valence-corrected chi connectivity index (χ1v) is 8.96. The summed E-state index contributed by atoms with van der Waals surface area (Å²) in [5, 5.41) is 3.06. The van der Waals surface area contributed by atoms with Crippen LogP contribution in [0.2, 0.25) is 0 Å². The van der Waals surface area contributed by atoms with Gasteiger partial charge in [-0.1, -0.05) is 60.7 Å². The van der Waals surface area contributed by atoms with Crippen LogP contribution >= 0.6 is 11.3 Å². The van der Waals surface area contributed by atoms with Crippen LogP contribution in [0.3, 0.4) is 0 Å². The summed E-state index contributed by atoms with van der Waals surface area (Å²) in [6, 6.07) is 24.9. The second-order valence-corrected chi connectivity index (χ2v) is 6.44. The molecule has 4 rings (SSSR count). The van der Waals surface area contributed by atoms with Gasteiger partial charge in [-0.25, -0.2) is 9.37 Å². The molecule has 1 heterocycles. The maximum atomic E-state index is 13.5. The van der Waals surface area contributed by atoms with Crippen LogP contribution in [0.25, 0.3) is 33.0 Å². The van der Waals surface area contributed by atoms with Gasteiger partial charge in [0.2, 0.25) is 0 Å². The van der Waals surface area contributed by atoms with Crippen molar-refractivity contribution in [1.82, 2.24) is 4.98 Å². The van der Waals surface area contributed by atoms with E-state index in [0.717, 1.165) is 33.0 Å². The molecule has 5 heteroatoms. The van der Waals surface area contributed by atoms with Crippen LogP contribution in [0.5, 0.6) is 0 Å². The molecule has 0 saturated heterocycles. The molecule has 0 aliphatic heterocycles. The molecule has 3 nitrogen and oxygen atoms in total. The van der Waals surface area contributed by atoms with E-state index in [1.54, 1.807) is 23.5 Å². The molecule has 0 fully saturated rings. The van der Waals surface area contributed by atoms with Crippen molar-refractivity contribution in [3.05, 3.63) is 90.1 Å². The Hall–Kier alpha value is -3.40. The second-order valence-electron chi connectivity index (χ2n) is 5.58. The zero-order valence-corrected chi connectivity index (χ0v) is 14.9. The highest BCUT2D eigenvalue weighted by molar-refractivity contribution is 7.13. The number of hydrogen-bond donors (Lipinski definition) is 0. The summed E-state index contributed by atoms with van der Waals surface area (Å²) in [5.74, 6) is -0.224. The molecule has 1 aromatic heterocycles. The Morgan fingerprint density at radius 3 is 2.04 bits per heavy atom. The normalized spacial score (nSPS) is 9.81. The number of thiazole rings is 1. The van der Waals surface area contributed by atoms with Gasteiger partial charge < -0.3 is 0 Å².